The molecule has 17 heteroatoms. The van der Waals surface area contributed by atoms with E-state index in [1.54, 1.807) is 47.6 Å². The molecule has 2 heterocycles. The van der Waals surface area contributed by atoms with Crippen LogP contribution in [0.5, 0.6) is 11.5 Å². The summed E-state index contributed by atoms with van der Waals surface area (Å²) in [6.45, 7) is 15.4. The van der Waals surface area contributed by atoms with Crippen LogP contribution < -0.4 is 29.1 Å². The van der Waals surface area contributed by atoms with Crippen LogP contribution in [0.4, 0.5) is 43.1 Å². The number of anilines is 5. The number of amides is 4. The van der Waals surface area contributed by atoms with Gasteiger partial charge in [0.2, 0.25) is 0 Å². The number of methoxy groups -OCH3 is 2. The number of imide groups is 1. The molecule has 0 unspecified atom stereocenters. The van der Waals surface area contributed by atoms with Gasteiger partial charge in [0, 0.05) is 56.5 Å². The molecule has 2 aromatic carbocycles. The maximum absolute atomic E-state index is 14.6. The molecule has 1 saturated heterocycles. The lowest BCUT2D eigenvalue weighted by atomic mass is 10.0. The van der Waals surface area contributed by atoms with E-state index in [4.69, 9.17) is 42.1 Å². The van der Waals surface area contributed by atoms with Gasteiger partial charge in [-0.2, -0.15) is 4.90 Å². The first-order valence-corrected chi connectivity index (χ1v) is 20.4. The van der Waals surface area contributed by atoms with Crippen LogP contribution in [0.2, 0.25) is 10.0 Å². The Hall–Kier alpha value is -5.12. The monoisotopic (exact) mass is 867 g/mol. The Labute approximate surface area is 362 Å². The van der Waals surface area contributed by atoms with Gasteiger partial charge in [-0.05, 0) is 104 Å². The fourth-order valence-electron chi connectivity index (χ4n) is 6.85. The highest BCUT2D eigenvalue weighted by Gasteiger charge is 2.38. The highest BCUT2D eigenvalue weighted by atomic mass is 35.5. The Morgan fingerprint density at radius 1 is 0.817 bits per heavy atom. The third-order valence-electron chi connectivity index (χ3n) is 10.0. The molecule has 2 aliphatic rings. The van der Waals surface area contributed by atoms with E-state index >= 15 is 0 Å². The van der Waals surface area contributed by atoms with Gasteiger partial charge < -0.3 is 28.7 Å². The van der Waals surface area contributed by atoms with Crippen LogP contribution >= 0.6 is 23.2 Å². The van der Waals surface area contributed by atoms with E-state index in [9.17, 15) is 19.2 Å². The van der Waals surface area contributed by atoms with Gasteiger partial charge in [-0.3, -0.25) is 9.69 Å². The standard InChI is InChI=1S/C43H55Cl2N7O8/c1-12-30(53)22-26-21-29(50-19-17-28(18-20-50)48(8)27-13-14-27)15-16-31(26)51(40(55)59-42(2,3)4)35-24-34(46-25-47-35)49(9)39(54)52(41(56)60-43(5,6)7)38-36(44)32(57-10)23-33(58-11)37(38)45/h12,15-16,21,23-25,27-28H,1,13-14,17-20,22H2,2-11H3. The first-order chi connectivity index (χ1) is 28.2. The van der Waals surface area contributed by atoms with E-state index < -0.39 is 29.4 Å². The third kappa shape index (κ3) is 10.8. The van der Waals surface area contributed by atoms with E-state index in [2.05, 4.69) is 33.4 Å². The average Bonchev–Trinajstić information content (AvgIpc) is 4.04. The van der Waals surface area contributed by atoms with Crippen LogP contribution in [0.1, 0.15) is 72.8 Å². The van der Waals surface area contributed by atoms with Gasteiger partial charge in [0.1, 0.15) is 56.4 Å². The zero-order valence-corrected chi connectivity index (χ0v) is 37.5. The quantitative estimate of drug-likeness (QED) is 0.160. The van der Waals surface area contributed by atoms with Crippen molar-refractivity contribution in [3.63, 3.8) is 0 Å². The van der Waals surface area contributed by atoms with Crippen LogP contribution in [-0.4, -0.2) is 104 Å². The van der Waals surface area contributed by atoms with Crippen LogP contribution in [0, 0.1) is 0 Å². The number of ether oxygens (including phenoxy) is 4. The molecule has 3 aromatic rings. The number of aromatic nitrogens is 2. The van der Waals surface area contributed by atoms with Crippen molar-refractivity contribution in [2.24, 2.45) is 0 Å². The first kappa shape index (κ1) is 46.0. The summed E-state index contributed by atoms with van der Waals surface area (Å²) in [5.74, 6) is -0.174. The normalized spacial score (nSPS) is 14.7. The highest BCUT2D eigenvalue weighted by molar-refractivity contribution is 6.43. The Bertz CT molecular complexity index is 2080. The lowest BCUT2D eigenvalue weighted by Crippen LogP contribution is -2.48. The number of benzene rings is 2. The summed E-state index contributed by atoms with van der Waals surface area (Å²) in [5.41, 5.74) is -0.488. The van der Waals surface area contributed by atoms with Gasteiger partial charge in [-0.15, -0.1) is 0 Å². The molecule has 0 atom stereocenters. The van der Waals surface area contributed by atoms with Crippen molar-refractivity contribution in [3.05, 3.63) is 64.9 Å². The smallest absolute Gasteiger partial charge is 0.423 e. The molecule has 0 N–H and O–H groups in total. The number of ketones is 1. The minimum Gasteiger partial charge on any atom is -0.495 e. The number of piperidine rings is 1. The van der Waals surface area contributed by atoms with Crippen molar-refractivity contribution >= 4 is 75.9 Å². The molecule has 0 spiro atoms. The van der Waals surface area contributed by atoms with Crippen molar-refractivity contribution < 1.29 is 38.1 Å². The van der Waals surface area contributed by atoms with Crippen LogP contribution in [-0.2, 0) is 20.7 Å². The zero-order valence-electron chi connectivity index (χ0n) is 36.0. The summed E-state index contributed by atoms with van der Waals surface area (Å²) in [6.07, 6.45) is 4.92. The number of nitrogens with zero attached hydrogens (tertiary/aromatic N) is 7. The second kappa shape index (κ2) is 18.7. The molecule has 0 radical (unpaired) electrons. The minimum absolute atomic E-state index is 0.000752. The molecule has 2 fully saturated rings. The Morgan fingerprint density at radius 2 is 1.37 bits per heavy atom. The summed E-state index contributed by atoms with van der Waals surface area (Å²) in [5, 5.41) is -0.342. The number of rotatable bonds is 12. The summed E-state index contributed by atoms with van der Waals surface area (Å²) in [7, 11) is 6.28. The molecular formula is C43H55Cl2N7O8. The maximum atomic E-state index is 14.6. The minimum atomic E-state index is -1.11. The largest absolute Gasteiger partial charge is 0.495 e. The van der Waals surface area contributed by atoms with E-state index in [1.165, 1.54) is 57.2 Å². The molecule has 0 bridgehead atoms. The van der Waals surface area contributed by atoms with Crippen LogP contribution in [0.25, 0.3) is 0 Å². The summed E-state index contributed by atoms with van der Waals surface area (Å²) >= 11 is 13.4. The molecule has 1 saturated carbocycles. The molecular weight excluding hydrogens is 813 g/mol. The maximum Gasteiger partial charge on any atom is 0.423 e. The molecule has 1 aliphatic heterocycles. The second-order valence-electron chi connectivity index (χ2n) is 16.7. The van der Waals surface area contributed by atoms with Crippen molar-refractivity contribution in [1.82, 2.24) is 14.9 Å². The Morgan fingerprint density at radius 3 is 1.90 bits per heavy atom. The summed E-state index contributed by atoms with van der Waals surface area (Å²) in [4.78, 5) is 72.2. The predicted octanol–water partition coefficient (Wildman–Crippen LogP) is 9.23. The van der Waals surface area contributed by atoms with Crippen molar-refractivity contribution in [3.8, 4) is 11.5 Å². The van der Waals surface area contributed by atoms with E-state index in [0.29, 0.717) is 28.2 Å². The molecule has 1 aromatic heterocycles. The molecule has 1 aliphatic carbocycles. The van der Waals surface area contributed by atoms with Crippen LogP contribution in [0.15, 0.2) is 49.3 Å². The highest BCUT2D eigenvalue weighted by Crippen LogP contribution is 2.47. The number of halogens is 2. The lowest BCUT2D eigenvalue weighted by molar-refractivity contribution is -0.114. The van der Waals surface area contributed by atoms with E-state index in [1.807, 2.05) is 12.1 Å². The number of carbonyl (C=O) groups excluding carboxylic acids is 4. The third-order valence-corrected chi connectivity index (χ3v) is 10.8. The topological polar surface area (TPSA) is 147 Å². The second-order valence-corrected chi connectivity index (χ2v) is 17.5. The van der Waals surface area contributed by atoms with Gasteiger partial charge in [-0.25, -0.2) is 29.3 Å². The van der Waals surface area contributed by atoms with Gasteiger partial charge >= 0.3 is 18.2 Å². The molecule has 5 rings (SSSR count). The van der Waals surface area contributed by atoms with E-state index in [-0.39, 0.29) is 51.1 Å². The number of hydrogen-bond acceptors (Lipinski definition) is 12. The first-order valence-electron chi connectivity index (χ1n) is 19.7. The number of hydrogen-bond donors (Lipinski definition) is 0. The summed E-state index contributed by atoms with van der Waals surface area (Å²) < 4.78 is 22.4. The van der Waals surface area contributed by atoms with Gasteiger partial charge in [0.25, 0.3) is 0 Å². The number of urea groups is 1. The molecule has 4 amide bonds. The number of carbonyl (C=O) groups is 4. The summed E-state index contributed by atoms with van der Waals surface area (Å²) in [6, 6.07) is 8.56. The van der Waals surface area contributed by atoms with Gasteiger partial charge in [-0.1, -0.05) is 29.8 Å². The van der Waals surface area contributed by atoms with E-state index in [0.717, 1.165) is 42.8 Å². The van der Waals surface area contributed by atoms with Crippen molar-refractivity contribution in [1.29, 1.82) is 0 Å². The lowest BCUT2D eigenvalue weighted by Gasteiger charge is -2.38. The van der Waals surface area contributed by atoms with Crippen molar-refractivity contribution in [2.45, 2.75) is 96.9 Å². The fourth-order valence-corrected chi connectivity index (χ4v) is 7.52. The van der Waals surface area contributed by atoms with Crippen molar-refractivity contribution in [2.75, 3.05) is 61.0 Å². The molecule has 15 nitrogen and oxygen atoms in total. The Kier molecular flexibility index (Phi) is 14.3. The van der Waals surface area contributed by atoms with Gasteiger partial charge in [0.05, 0.1) is 19.9 Å². The molecule has 324 valence electrons. The molecule has 60 heavy (non-hydrogen) atoms. The number of allylic oxidation sites excluding steroid dienone is 1. The van der Waals surface area contributed by atoms with Gasteiger partial charge in [0.15, 0.2) is 5.78 Å². The fraction of sp³-hybridized carbons (Fsp3) is 0.488. The zero-order chi connectivity index (χ0) is 44.3. The average molecular weight is 869 g/mol. The SMILES string of the molecule is C=CC(=O)Cc1cc(N2CCC(N(C)C3CC3)CC2)ccc1N(C(=O)OC(C)(C)C)c1cc(N(C)C(=O)N(C(=O)OC(C)(C)C)c2c(Cl)c(OC)cc(OC)c2Cl)ncn1. The van der Waals surface area contributed by atoms with Crippen LogP contribution in [0.3, 0.4) is 0 Å². The Balaban J connectivity index is 1.58. The predicted molar refractivity (Wildman–Crippen MR) is 234 cm³/mol.